The second-order valence-electron chi connectivity index (χ2n) is 3.48. The Balaban J connectivity index is 4.59. The van der Waals surface area contributed by atoms with Crippen LogP contribution in [0.15, 0.2) is 0 Å². The third-order valence-electron chi connectivity index (χ3n) is 3.20. The molecule has 0 heterocycles. The zero-order chi connectivity index (χ0) is 10.3. The van der Waals surface area contributed by atoms with Gasteiger partial charge in [-0.05, 0) is 0 Å². The first-order valence-electron chi connectivity index (χ1n) is 5.26. The summed E-state index contributed by atoms with van der Waals surface area (Å²) in [5.41, 5.74) is 0.00174. The molecule has 0 unspecified atom stereocenters. The zero-order valence-electron chi connectivity index (χ0n) is 9.21. The van der Waals surface area contributed by atoms with Crippen LogP contribution in [0.5, 0.6) is 0 Å². The molecule has 0 aromatic rings. The Morgan fingerprint density at radius 2 is 1.62 bits per heavy atom. The van der Waals surface area contributed by atoms with E-state index in [1.54, 1.807) is 0 Å². The molecule has 0 aliphatic heterocycles. The summed E-state index contributed by atoms with van der Waals surface area (Å²) in [7, 11) is 0. The standard InChI is InChI=1S/C11H22O.Ni/c1-6-10(7-2)11(8-3,9-4)12-5;/h5,10H,6-9H2,1-4H3;. The molecule has 82 valence electrons. The Labute approximate surface area is 90.2 Å². The first-order valence-corrected chi connectivity index (χ1v) is 5.83. The number of rotatable bonds is 7. The van der Waals surface area contributed by atoms with Crippen LogP contribution >= 0.6 is 0 Å². The minimum atomic E-state index is 0.00174. The maximum atomic E-state index is 5.68. The Morgan fingerprint density at radius 1 is 1.15 bits per heavy atom. The Hall–Kier alpha value is 0.324. The van der Waals surface area contributed by atoms with E-state index in [2.05, 4.69) is 42.7 Å². The molecule has 0 aromatic carbocycles. The summed E-state index contributed by atoms with van der Waals surface area (Å²) in [6.45, 7) is 8.82. The Bertz CT molecular complexity index is 137. The van der Waals surface area contributed by atoms with E-state index < -0.39 is 0 Å². The number of ether oxygens (including phenoxy) is 1. The molecule has 0 radical (unpaired) electrons. The summed E-state index contributed by atoms with van der Waals surface area (Å²) in [4.78, 5) is 0. The van der Waals surface area contributed by atoms with E-state index in [0.29, 0.717) is 5.92 Å². The van der Waals surface area contributed by atoms with Gasteiger partial charge in [-0.2, -0.15) is 0 Å². The number of hydrogen-bond acceptors (Lipinski definition) is 1. The molecule has 0 saturated heterocycles. The summed E-state index contributed by atoms with van der Waals surface area (Å²) in [5, 5.41) is 1.48. The van der Waals surface area contributed by atoms with Crippen LogP contribution < -0.4 is 0 Å². The fourth-order valence-corrected chi connectivity index (χ4v) is 2.43. The quantitative estimate of drug-likeness (QED) is 0.608. The van der Waals surface area contributed by atoms with Gasteiger partial charge in [-0.1, -0.05) is 0 Å². The molecule has 13 heavy (non-hydrogen) atoms. The average Bonchev–Trinajstić information content (AvgIpc) is 2.18. The van der Waals surface area contributed by atoms with E-state index in [1.165, 1.54) is 18.0 Å². The first-order chi connectivity index (χ1) is 6.20. The van der Waals surface area contributed by atoms with E-state index in [4.69, 9.17) is 4.74 Å². The van der Waals surface area contributed by atoms with Crippen LogP contribution in [-0.4, -0.2) is 10.8 Å². The van der Waals surface area contributed by atoms with Crippen molar-refractivity contribution < 1.29 is 19.8 Å². The summed E-state index contributed by atoms with van der Waals surface area (Å²) in [6, 6.07) is 0. The molecule has 0 atom stereocenters. The van der Waals surface area contributed by atoms with Gasteiger partial charge in [0.05, 0.1) is 0 Å². The Morgan fingerprint density at radius 3 is 1.85 bits per heavy atom. The van der Waals surface area contributed by atoms with Crippen LogP contribution in [0.3, 0.4) is 0 Å². The van der Waals surface area contributed by atoms with Gasteiger partial charge in [0, 0.05) is 0 Å². The molecule has 0 fully saturated rings. The molecule has 0 aromatic heterocycles. The van der Waals surface area contributed by atoms with Crippen molar-refractivity contribution in [1.29, 1.82) is 0 Å². The molecule has 2 heteroatoms. The SMILES string of the molecule is CCC(CC)C(CC)(CC)O[CH]=[Ni]. The van der Waals surface area contributed by atoms with Crippen LogP contribution in [0.2, 0.25) is 0 Å². The van der Waals surface area contributed by atoms with Gasteiger partial charge in [0.2, 0.25) is 0 Å². The van der Waals surface area contributed by atoms with Crippen LogP contribution in [0.1, 0.15) is 53.4 Å². The van der Waals surface area contributed by atoms with E-state index in [1.807, 2.05) is 0 Å². The van der Waals surface area contributed by atoms with Crippen molar-refractivity contribution in [3.05, 3.63) is 0 Å². The average molecular weight is 229 g/mol. The topological polar surface area (TPSA) is 9.23 Å². The normalized spacial score (nSPS) is 12.2. The first kappa shape index (κ1) is 13.3. The summed E-state index contributed by atoms with van der Waals surface area (Å²) in [5.74, 6) is 0.633. The zero-order valence-corrected chi connectivity index (χ0v) is 10.2. The van der Waals surface area contributed by atoms with Crippen molar-refractivity contribution >= 4 is 5.18 Å². The van der Waals surface area contributed by atoms with Crippen molar-refractivity contribution in [2.75, 3.05) is 0 Å². The van der Waals surface area contributed by atoms with Gasteiger partial charge in [0.15, 0.2) is 0 Å². The van der Waals surface area contributed by atoms with E-state index in [9.17, 15) is 0 Å². The van der Waals surface area contributed by atoms with Crippen molar-refractivity contribution in [2.24, 2.45) is 5.92 Å². The molecule has 1 nitrogen and oxygen atoms in total. The van der Waals surface area contributed by atoms with Gasteiger partial charge in [-0.15, -0.1) is 0 Å². The fraction of sp³-hybridized carbons (Fsp3) is 0.909. The van der Waals surface area contributed by atoms with Crippen LogP contribution in [-0.2, 0) is 19.8 Å². The predicted octanol–water partition coefficient (Wildman–Crippen LogP) is 3.30. The predicted molar refractivity (Wildman–Crippen MR) is 54.5 cm³/mol. The molecular formula is C11H22NiO. The van der Waals surface area contributed by atoms with Crippen LogP contribution in [0.25, 0.3) is 0 Å². The number of hydrogen-bond donors (Lipinski definition) is 0. The van der Waals surface area contributed by atoms with Gasteiger partial charge >= 0.3 is 89.8 Å². The van der Waals surface area contributed by atoms with Crippen molar-refractivity contribution in [1.82, 2.24) is 0 Å². The fourth-order valence-electron chi connectivity index (χ4n) is 2.20. The van der Waals surface area contributed by atoms with Crippen molar-refractivity contribution in [3.8, 4) is 0 Å². The maximum absolute atomic E-state index is 5.68. The molecular weight excluding hydrogens is 207 g/mol. The second-order valence-corrected chi connectivity index (χ2v) is 3.71. The molecule has 0 N–H and O–H groups in total. The molecule has 0 aliphatic carbocycles. The monoisotopic (exact) mass is 228 g/mol. The third kappa shape index (κ3) is 3.18. The van der Waals surface area contributed by atoms with Crippen molar-refractivity contribution in [3.63, 3.8) is 0 Å². The van der Waals surface area contributed by atoms with Gasteiger partial charge in [0.25, 0.3) is 0 Å². The van der Waals surface area contributed by atoms with Gasteiger partial charge < -0.3 is 0 Å². The minimum absolute atomic E-state index is 0.00174. The molecule has 0 aliphatic rings. The molecule has 0 saturated carbocycles. The van der Waals surface area contributed by atoms with Crippen LogP contribution in [0.4, 0.5) is 0 Å². The molecule has 0 spiro atoms. The van der Waals surface area contributed by atoms with E-state index in [-0.39, 0.29) is 5.60 Å². The Kier molecular flexibility index (Phi) is 6.90. The molecule has 0 bridgehead atoms. The van der Waals surface area contributed by atoms with Crippen LogP contribution in [0, 0.1) is 5.92 Å². The van der Waals surface area contributed by atoms with Gasteiger partial charge in [-0.25, -0.2) is 0 Å². The summed E-state index contributed by atoms with van der Waals surface area (Å²) in [6.07, 6.45) is 4.45. The third-order valence-corrected chi connectivity index (χ3v) is 3.31. The van der Waals surface area contributed by atoms with Gasteiger partial charge in [-0.3, -0.25) is 0 Å². The molecule has 0 rings (SSSR count). The van der Waals surface area contributed by atoms with Gasteiger partial charge in [0.1, 0.15) is 0 Å². The summed E-state index contributed by atoms with van der Waals surface area (Å²) >= 11 is 4.52. The van der Waals surface area contributed by atoms with Crippen molar-refractivity contribution in [2.45, 2.75) is 59.0 Å². The van der Waals surface area contributed by atoms with E-state index in [0.717, 1.165) is 12.8 Å². The second kappa shape index (κ2) is 6.73. The van der Waals surface area contributed by atoms with E-state index >= 15 is 0 Å². The summed E-state index contributed by atoms with van der Waals surface area (Å²) < 4.78 is 5.68. The molecule has 0 amide bonds.